The van der Waals surface area contributed by atoms with Crippen LogP contribution in [0, 0.1) is 0 Å². The molecular formula is C15H15BrN2O6. The van der Waals surface area contributed by atoms with Gasteiger partial charge in [-0.15, -0.1) is 0 Å². The minimum atomic E-state index is -0.686. The largest absolute Gasteiger partial charge is 0.493 e. The molecule has 0 aromatic heterocycles. The minimum Gasteiger partial charge on any atom is -0.493 e. The topological polar surface area (TPSA) is 94.2 Å². The zero-order chi connectivity index (χ0) is 17.9. The van der Waals surface area contributed by atoms with Crippen LogP contribution in [0.1, 0.15) is 5.56 Å². The van der Waals surface area contributed by atoms with Gasteiger partial charge in [-0.2, -0.15) is 0 Å². The van der Waals surface area contributed by atoms with E-state index in [9.17, 15) is 14.4 Å². The molecule has 1 aromatic rings. The number of hydrogen-bond acceptors (Lipinski definition) is 6. The van der Waals surface area contributed by atoms with Gasteiger partial charge in [0.25, 0.3) is 5.91 Å². The van der Waals surface area contributed by atoms with Crippen LogP contribution < -0.4 is 14.8 Å². The van der Waals surface area contributed by atoms with Crippen molar-refractivity contribution in [2.45, 2.75) is 0 Å². The van der Waals surface area contributed by atoms with E-state index in [-0.39, 0.29) is 5.70 Å². The predicted molar refractivity (Wildman–Crippen MR) is 87.5 cm³/mol. The number of imide groups is 1. The van der Waals surface area contributed by atoms with Crippen molar-refractivity contribution in [2.24, 2.45) is 0 Å². The quantitative estimate of drug-likeness (QED) is 0.459. The average Bonchev–Trinajstić information content (AvgIpc) is 2.81. The molecule has 1 heterocycles. The van der Waals surface area contributed by atoms with E-state index in [1.54, 1.807) is 12.1 Å². The average molecular weight is 399 g/mol. The number of hydrogen-bond donors (Lipinski definition) is 1. The van der Waals surface area contributed by atoms with E-state index in [1.165, 1.54) is 27.4 Å². The number of ether oxygens (including phenoxy) is 3. The van der Waals surface area contributed by atoms with Crippen molar-refractivity contribution in [3.8, 4) is 11.5 Å². The Kier molecular flexibility index (Phi) is 5.45. The molecule has 0 spiro atoms. The van der Waals surface area contributed by atoms with Crippen molar-refractivity contribution < 1.29 is 28.6 Å². The summed E-state index contributed by atoms with van der Waals surface area (Å²) < 4.78 is 15.5. The second-order valence-corrected chi connectivity index (χ2v) is 5.55. The van der Waals surface area contributed by atoms with Gasteiger partial charge in [0.2, 0.25) is 0 Å². The van der Waals surface area contributed by atoms with E-state index in [0.717, 1.165) is 4.90 Å². The van der Waals surface area contributed by atoms with Crippen molar-refractivity contribution in [3.05, 3.63) is 27.9 Å². The molecular weight excluding hydrogens is 384 g/mol. The molecule has 3 amide bonds. The summed E-state index contributed by atoms with van der Waals surface area (Å²) in [5.74, 6) is -0.333. The molecule has 1 aliphatic heterocycles. The Hall–Kier alpha value is -2.55. The molecule has 8 nitrogen and oxygen atoms in total. The number of benzene rings is 1. The number of carbonyl (C=O) groups is 3. The first-order valence-corrected chi connectivity index (χ1v) is 7.53. The molecule has 0 aliphatic carbocycles. The number of rotatable bonds is 5. The first-order valence-electron chi connectivity index (χ1n) is 6.74. The lowest BCUT2D eigenvalue weighted by Crippen LogP contribution is -2.36. The van der Waals surface area contributed by atoms with E-state index < -0.39 is 24.5 Å². The Morgan fingerprint density at radius 3 is 2.54 bits per heavy atom. The summed E-state index contributed by atoms with van der Waals surface area (Å²) in [5, 5.41) is 2.42. The molecule has 1 N–H and O–H groups in total. The van der Waals surface area contributed by atoms with Gasteiger partial charge in [-0.3, -0.25) is 9.59 Å². The van der Waals surface area contributed by atoms with E-state index in [2.05, 4.69) is 26.0 Å². The maximum absolute atomic E-state index is 12.2. The molecule has 1 fully saturated rings. The lowest BCUT2D eigenvalue weighted by Gasteiger charge is -2.11. The van der Waals surface area contributed by atoms with Gasteiger partial charge in [0.15, 0.2) is 11.5 Å². The number of amides is 3. The SMILES string of the molecule is COC(=O)CN1C(=O)N/C(=C\c2cc(Br)c(OC)c(OC)c2)C1=O. The molecule has 1 aromatic carbocycles. The van der Waals surface area contributed by atoms with Crippen LogP contribution in [0.2, 0.25) is 0 Å². The number of halogens is 1. The van der Waals surface area contributed by atoms with Gasteiger partial charge in [0.1, 0.15) is 12.2 Å². The minimum absolute atomic E-state index is 0.0445. The summed E-state index contributed by atoms with van der Waals surface area (Å²) >= 11 is 3.35. The number of nitrogens with one attached hydrogen (secondary N) is 1. The van der Waals surface area contributed by atoms with E-state index in [4.69, 9.17) is 9.47 Å². The summed E-state index contributed by atoms with van der Waals surface area (Å²) in [7, 11) is 4.17. The maximum atomic E-state index is 12.2. The van der Waals surface area contributed by atoms with Gasteiger partial charge in [-0.25, -0.2) is 9.69 Å². The highest BCUT2D eigenvalue weighted by Gasteiger charge is 2.35. The maximum Gasteiger partial charge on any atom is 0.329 e. The number of carbonyl (C=O) groups excluding carboxylic acids is 3. The molecule has 1 aliphatic rings. The fraction of sp³-hybridized carbons (Fsp3) is 0.267. The van der Waals surface area contributed by atoms with Crippen molar-refractivity contribution in [1.29, 1.82) is 0 Å². The fourth-order valence-electron chi connectivity index (χ4n) is 2.10. The van der Waals surface area contributed by atoms with Crippen molar-refractivity contribution in [3.63, 3.8) is 0 Å². The van der Waals surface area contributed by atoms with Gasteiger partial charge in [-0.1, -0.05) is 0 Å². The monoisotopic (exact) mass is 398 g/mol. The molecule has 0 unspecified atom stereocenters. The van der Waals surface area contributed by atoms with E-state index in [1.807, 2.05) is 0 Å². The number of urea groups is 1. The summed E-state index contributed by atoms with van der Waals surface area (Å²) in [5.41, 5.74) is 0.645. The van der Waals surface area contributed by atoms with E-state index >= 15 is 0 Å². The summed E-state index contributed by atoms with van der Waals surface area (Å²) in [6, 6.07) is 2.67. The second kappa shape index (κ2) is 7.35. The Morgan fingerprint density at radius 1 is 1.25 bits per heavy atom. The molecule has 0 atom stereocenters. The number of nitrogens with zero attached hydrogens (tertiary/aromatic N) is 1. The van der Waals surface area contributed by atoms with Crippen LogP contribution in [0.3, 0.4) is 0 Å². The molecule has 0 saturated carbocycles. The molecule has 1 saturated heterocycles. The van der Waals surface area contributed by atoms with Crippen molar-refractivity contribution in [2.75, 3.05) is 27.9 Å². The predicted octanol–water partition coefficient (Wildman–Crippen LogP) is 1.53. The van der Waals surface area contributed by atoms with Crippen molar-refractivity contribution in [1.82, 2.24) is 10.2 Å². The first kappa shape index (κ1) is 17.8. The van der Waals surface area contributed by atoms with Gasteiger partial charge >= 0.3 is 12.0 Å². The molecule has 128 valence electrons. The van der Waals surface area contributed by atoms with Gasteiger partial charge in [0.05, 0.1) is 25.8 Å². The van der Waals surface area contributed by atoms with Crippen LogP contribution in [-0.2, 0) is 14.3 Å². The molecule has 0 radical (unpaired) electrons. The number of esters is 1. The summed E-state index contributed by atoms with van der Waals surface area (Å²) in [4.78, 5) is 36.1. The smallest absolute Gasteiger partial charge is 0.329 e. The molecule has 0 bridgehead atoms. The van der Waals surface area contributed by atoms with Crippen LogP contribution in [0.4, 0.5) is 4.79 Å². The lowest BCUT2D eigenvalue weighted by atomic mass is 10.1. The van der Waals surface area contributed by atoms with Gasteiger partial charge < -0.3 is 19.5 Å². The highest BCUT2D eigenvalue weighted by Crippen LogP contribution is 2.36. The second-order valence-electron chi connectivity index (χ2n) is 4.69. The standard InChI is InChI=1S/C15H15BrN2O6/c1-22-11-6-8(4-9(16)13(11)24-3)5-10-14(20)18(15(21)17-10)7-12(19)23-2/h4-6H,7H2,1-3H3,(H,17,21)/b10-5-. The van der Waals surface area contributed by atoms with Crippen LogP contribution in [0.5, 0.6) is 11.5 Å². The Balaban J connectivity index is 2.32. The van der Waals surface area contributed by atoms with Crippen LogP contribution in [0.25, 0.3) is 6.08 Å². The highest BCUT2D eigenvalue weighted by atomic mass is 79.9. The van der Waals surface area contributed by atoms with Crippen LogP contribution >= 0.6 is 15.9 Å². The fourth-order valence-corrected chi connectivity index (χ4v) is 2.72. The van der Waals surface area contributed by atoms with Crippen molar-refractivity contribution >= 4 is 39.9 Å². The third kappa shape index (κ3) is 3.51. The van der Waals surface area contributed by atoms with Gasteiger partial charge in [-0.05, 0) is 39.7 Å². The van der Waals surface area contributed by atoms with Crippen LogP contribution in [-0.4, -0.2) is 50.7 Å². The Labute approximate surface area is 146 Å². The lowest BCUT2D eigenvalue weighted by molar-refractivity contribution is -0.143. The molecule has 24 heavy (non-hydrogen) atoms. The molecule has 2 rings (SSSR count). The third-order valence-corrected chi connectivity index (χ3v) is 3.83. The highest BCUT2D eigenvalue weighted by molar-refractivity contribution is 9.10. The number of methoxy groups -OCH3 is 3. The molecule has 9 heteroatoms. The first-order chi connectivity index (χ1) is 11.4. The van der Waals surface area contributed by atoms with E-state index in [0.29, 0.717) is 21.5 Å². The normalized spacial score (nSPS) is 15.5. The third-order valence-electron chi connectivity index (χ3n) is 3.24. The zero-order valence-electron chi connectivity index (χ0n) is 13.2. The Bertz CT molecular complexity index is 731. The summed E-state index contributed by atoms with van der Waals surface area (Å²) in [6.45, 7) is -0.450. The van der Waals surface area contributed by atoms with Crippen LogP contribution in [0.15, 0.2) is 22.3 Å². The van der Waals surface area contributed by atoms with Gasteiger partial charge in [0, 0.05) is 0 Å². The zero-order valence-corrected chi connectivity index (χ0v) is 14.8. The summed E-state index contributed by atoms with van der Waals surface area (Å²) in [6.07, 6.45) is 1.48. The Morgan fingerprint density at radius 2 is 1.96 bits per heavy atom.